The Labute approximate surface area is 74.9 Å². The van der Waals surface area contributed by atoms with Crippen molar-refractivity contribution in [1.82, 2.24) is 0 Å². The van der Waals surface area contributed by atoms with Gasteiger partial charge in [-0.2, -0.15) is 0 Å². The third-order valence-corrected chi connectivity index (χ3v) is 1.80. The lowest BCUT2D eigenvalue weighted by Gasteiger charge is -2.01. The van der Waals surface area contributed by atoms with Gasteiger partial charge in [0.25, 0.3) is 0 Å². The van der Waals surface area contributed by atoms with Gasteiger partial charge in [-0.25, -0.2) is 0 Å². The molecular weight excluding hydrogens is 144 g/mol. The van der Waals surface area contributed by atoms with Crippen LogP contribution < -0.4 is 0 Å². The Kier molecular flexibility index (Phi) is 3.09. The summed E-state index contributed by atoms with van der Waals surface area (Å²) in [4.78, 5) is 0. The van der Waals surface area contributed by atoms with Crippen molar-refractivity contribution < 1.29 is 0 Å². The topological polar surface area (TPSA) is 0 Å². The fourth-order valence-corrected chi connectivity index (χ4v) is 1.41. The quantitative estimate of drug-likeness (QED) is 0.621. The summed E-state index contributed by atoms with van der Waals surface area (Å²) in [6, 6.07) is 6.62. The summed E-state index contributed by atoms with van der Waals surface area (Å²) in [5.41, 5.74) is 4.04. The zero-order chi connectivity index (χ0) is 8.97. The maximum absolute atomic E-state index is 3.67. The highest BCUT2D eigenvalue weighted by molar-refractivity contribution is 5.29. The summed E-state index contributed by atoms with van der Waals surface area (Å²) < 4.78 is 0. The first-order chi connectivity index (χ1) is 5.72. The molecule has 63 valence electrons. The Balaban J connectivity index is 2.85. The third kappa shape index (κ3) is 2.54. The van der Waals surface area contributed by atoms with E-state index in [2.05, 4.69) is 45.0 Å². The molecule has 0 spiro atoms. The van der Waals surface area contributed by atoms with Gasteiger partial charge in [-0.3, -0.25) is 0 Å². The number of allylic oxidation sites excluding steroid dienone is 2. The molecule has 1 radical (unpaired) electrons. The molecule has 1 rings (SSSR count). The lowest BCUT2D eigenvalue weighted by atomic mass is 10.1. The third-order valence-electron chi connectivity index (χ3n) is 1.80. The first-order valence-electron chi connectivity index (χ1n) is 4.24. The van der Waals surface area contributed by atoms with Gasteiger partial charge in [0, 0.05) is 0 Å². The molecule has 0 atom stereocenters. The van der Waals surface area contributed by atoms with E-state index < -0.39 is 0 Å². The highest BCUT2D eigenvalue weighted by Crippen LogP contribution is 2.09. The van der Waals surface area contributed by atoms with E-state index in [1.165, 1.54) is 16.7 Å². The summed E-state index contributed by atoms with van der Waals surface area (Å²) in [5, 5.41) is 0. The van der Waals surface area contributed by atoms with E-state index in [0.717, 1.165) is 6.42 Å². The maximum atomic E-state index is 3.67. The van der Waals surface area contributed by atoms with Gasteiger partial charge in [-0.15, -0.1) is 0 Å². The fraction of sp³-hybridized carbons (Fsp3) is 0.250. The molecule has 0 unspecified atom stereocenters. The Hall–Kier alpha value is -1.04. The lowest BCUT2D eigenvalue weighted by molar-refractivity contribution is 1.22. The lowest BCUT2D eigenvalue weighted by Crippen LogP contribution is -1.84. The molecule has 0 bridgehead atoms. The molecule has 1 aromatic rings. The molecule has 0 aliphatic carbocycles. The van der Waals surface area contributed by atoms with Crippen molar-refractivity contribution in [3.05, 3.63) is 54.0 Å². The normalized spacial score (nSPS) is 10.9. The van der Waals surface area contributed by atoms with Gasteiger partial charge in [0.1, 0.15) is 0 Å². The zero-order valence-corrected chi connectivity index (χ0v) is 7.80. The average molecular weight is 159 g/mol. The fourth-order valence-electron chi connectivity index (χ4n) is 1.41. The van der Waals surface area contributed by atoms with Crippen LogP contribution in [0.5, 0.6) is 0 Å². The van der Waals surface area contributed by atoms with Crippen molar-refractivity contribution in [3.63, 3.8) is 0 Å². The Morgan fingerprint density at radius 3 is 2.25 bits per heavy atom. The molecular formula is C12H15. The molecule has 0 saturated heterocycles. The predicted molar refractivity (Wildman–Crippen MR) is 54.1 cm³/mol. The summed E-state index contributed by atoms with van der Waals surface area (Å²) in [6.45, 7) is 7.92. The molecule has 0 nitrogen and oxygen atoms in total. The van der Waals surface area contributed by atoms with E-state index in [1.54, 1.807) is 0 Å². The standard InChI is InChI=1S/C12H15/c1-4-5-6-12-8-10(2)7-11(3)9-12/h4-5,7-9H,1,6H2,2-3H3/b5-4+. The van der Waals surface area contributed by atoms with Gasteiger partial charge < -0.3 is 0 Å². The van der Waals surface area contributed by atoms with E-state index in [1.807, 2.05) is 6.08 Å². The van der Waals surface area contributed by atoms with Crippen LogP contribution in [0.2, 0.25) is 0 Å². The molecule has 0 N–H and O–H groups in total. The van der Waals surface area contributed by atoms with E-state index in [0.29, 0.717) is 0 Å². The van der Waals surface area contributed by atoms with Crippen molar-refractivity contribution in [1.29, 1.82) is 0 Å². The van der Waals surface area contributed by atoms with Crippen LogP contribution >= 0.6 is 0 Å². The number of hydrogen-bond donors (Lipinski definition) is 0. The van der Waals surface area contributed by atoms with Crippen molar-refractivity contribution in [2.45, 2.75) is 20.3 Å². The van der Waals surface area contributed by atoms with Gasteiger partial charge >= 0.3 is 0 Å². The van der Waals surface area contributed by atoms with Crippen LogP contribution in [-0.2, 0) is 6.42 Å². The number of hydrogen-bond acceptors (Lipinski definition) is 0. The van der Waals surface area contributed by atoms with Crippen LogP contribution in [0.3, 0.4) is 0 Å². The van der Waals surface area contributed by atoms with Crippen LogP contribution in [0.1, 0.15) is 16.7 Å². The van der Waals surface area contributed by atoms with Crippen molar-refractivity contribution in [2.24, 2.45) is 0 Å². The van der Waals surface area contributed by atoms with E-state index in [-0.39, 0.29) is 0 Å². The summed E-state index contributed by atoms with van der Waals surface area (Å²) in [7, 11) is 0. The van der Waals surface area contributed by atoms with Crippen LogP contribution in [0.15, 0.2) is 30.4 Å². The summed E-state index contributed by atoms with van der Waals surface area (Å²) in [5.74, 6) is 0. The Morgan fingerprint density at radius 2 is 1.75 bits per heavy atom. The van der Waals surface area contributed by atoms with Crippen molar-refractivity contribution >= 4 is 0 Å². The number of benzene rings is 1. The second-order valence-corrected chi connectivity index (χ2v) is 3.17. The molecule has 0 saturated carbocycles. The second kappa shape index (κ2) is 4.10. The maximum Gasteiger partial charge on any atom is -0.00973 e. The van der Waals surface area contributed by atoms with E-state index >= 15 is 0 Å². The van der Waals surface area contributed by atoms with Crippen LogP contribution in [0.25, 0.3) is 0 Å². The highest BCUT2D eigenvalue weighted by atomic mass is 14.0. The molecule has 0 aliphatic heterocycles. The highest BCUT2D eigenvalue weighted by Gasteiger charge is 1.92. The van der Waals surface area contributed by atoms with Gasteiger partial charge in [0.15, 0.2) is 0 Å². The minimum atomic E-state index is 0.992. The van der Waals surface area contributed by atoms with Gasteiger partial charge in [-0.05, 0) is 32.8 Å². The second-order valence-electron chi connectivity index (χ2n) is 3.17. The minimum Gasteiger partial charge on any atom is -0.0879 e. The minimum absolute atomic E-state index is 0.992. The predicted octanol–water partition coefficient (Wildman–Crippen LogP) is 3.24. The van der Waals surface area contributed by atoms with Crippen LogP contribution in [0.4, 0.5) is 0 Å². The monoisotopic (exact) mass is 159 g/mol. The molecule has 0 fully saturated rings. The molecule has 0 heterocycles. The first kappa shape index (κ1) is 9.05. The zero-order valence-electron chi connectivity index (χ0n) is 7.80. The van der Waals surface area contributed by atoms with Crippen LogP contribution in [-0.4, -0.2) is 0 Å². The van der Waals surface area contributed by atoms with Gasteiger partial charge in [-0.1, -0.05) is 41.5 Å². The largest absolute Gasteiger partial charge is 0.0879 e. The van der Waals surface area contributed by atoms with Crippen molar-refractivity contribution in [3.8, 4) is 0 Å². The molecule has 0 amide bonds. The van der Waals surface area contributed by atoms with Crippen molar-refractivity contribution in [2.75, 3.05) is 0 Å². The smallest absolute Gasteiger partial charge is 0.00973 e. The average Bonchev–Trinajstić information content (AvgIpc) is 1.99. The SMILES string of the molecule is [CH2]/C=C/Cc1cc(C)cc(C)c1. The molecule has 0 aromatic heterocycles. The van der Waals surface area contributed by atoms with E-state index in [9.17, 15) is 0 Å². The molecule has 12 heavy (non-hydrogen) atoms. The summed E-state index contributed by atoms with van der Waals surface area (Å²) in [6.07, 6.45) is 4.91. The van der Waals surface area contributed by atoms with Gasteiger partial charge in [0.2, 0.25) is 0 Å². The molecule has 0 heteroatoms. The number of rotatable bonds is 2. The summed E-state index contributed by atoms with van der Waals surface area (Å²) >= 11 is 0. The Bertz CT molecular complexity index is 262. The molecule has 0 aliphatic rings. The van der Waals surface area contributed by atoms with Crippen LogP contribution in [0, 0.1) is 20.8 Å². The Morgan fingerprint density at radius 1 is 1.17 bits per heavy atom. The van der Waals surface area contributed by atoms with Gasteiger partial charge in [0.05, 0.1) is 0 Å². The first-order valence-corrected chi connectivity index (χ1v) is 4.24. The number of aryl methyl sites for hydroxylation is 2. The molecule has 1 aromatic carbocycles. The van der Waals surface area contributed by atoms with E-state index in [4.69, 9.17) is 0 Å².